The summed E-state index contributed by atoms with van der Waals surface area (Å²) < 4.78 is 1.54. The number of hydrogen-bond donors (Lipinski definition) is 1. The van der Waals surface area contributed by atoms with Crippen molar-refractivity contribution >= 4 is 16.8 Å². The van der Waals surface area contributed by atoms with Crippen LogP contribution >= 0.6 is 0 Å². The fourth-order valence-corrected chi connectivity index (χ4v) is 1.51. The Labute approximate surface area is 86.6 Å². The maximum atomic E-state index is 11.5. The van der Waals surface area contributed by atoms with Crippen molar-refractivity contribution in [3.63, 3.8) is 0 Å². The number of nitrogens with zero attached hydrogens (tertiary/aromatic N) is 2. The molecular weight excluding hydrogens is 194 g/mol. The monoisotopic (exact) mass is 205 g/mol. The van der Waals surface area contributed by atoms with Crippen LogP contribution in [0.5, 0.6) is 0 Å². The molecule has 15 heavy (non-hydrogen) atoms. The van der Waals surface area contributed by atoms with E-state index in [1.807, 2.05) is 0 Å². The Morgan fingerprint density at radius 3 is 3.07 bits per heavy atom. The Bertz CT molecular complexity index is 504. The predicted molar refractivity (Wildman–Crippen MR) is 55.6 cm³/mol. The van der Waals surface area contributed by atoms with Crippen LogP contribution in [0.15, 0.2) is 24.7 Å². The lowest BCUT2D eigenvalue weighted by Gasteiger charge is -1.99. The Kier molecular flexibility index (Phi) is 2.29. The van der Waals surface area contributed by atoms with Gasteiger partial charge in [-0.15, -0.1) is 0 Å². The molecule has 0 bridgehead atoms. The fourth-order valence-electron chi connectivity index (χ4n) is 1.51. The van der Waals surface area contributed by atoms with Crippen LogP contribution in [0.4, 0.5) is 0 Å². The first-order valence-corrected chi connectivity index (χ1v) is 4.49. The molecule has 5 heteroatoms. The quantitative estimate of drug-likeness (QED) is 0.774. The van der Waals surface area contributed by atoms with Gasteiger partial charge in [-0.05, 0) is 6.07 Å². The lowest BCUT2D eigenvalue weighted by atomic mass is 10.2. The molecule has 0 unspecified atom stereocenters. The van der Waals surface area contributed by atoms with Gasteiger partial charge in [-0.25, -0.2) is 0 Å². The van der Waals surface area contributed by atoms with Gasteiger partial charge in [0.2, 0.25) is 0 Å². The second-order valence-corrected chi connectivity index (χ2v) is 3.02. The molecule has 0 atom stereocenters. The summed E-state index contributed by atoms with van der Waals surface area (Å²) >= 11 is 0. The smallest absolute Gasteiger partial charge is 0.253 e. The highest BCUT2D eigenvalue weighted by atomic mass is 16.6. The van der Waals surface area contributed by atoms with Crippen LogP contribution in [-0.2, 0) is 0 Å². The minimum atomic E-state index is -0.149. The minimum Gasteiger partial charge on any atom is -0.417 e. The van der Waals surface area contributed by atoms with Gasteiger partial charge in [-0.2, -0.15) is 4.73 Å². The molecule has 0 aromatic carbocycles. The molecule has 0 aliphatic carbocycles. The average molecular weight is 205 g/mol. The Balaban J connectivity index is 2.70. The van der Waals surface area contributed by atoms with Crippen molar-refractivity contribution in [1.29, 1.82) is 0 Å². The van der Waals surface area contributed by atoms with Crippen LogP contribution in [0.3, 0.4) is 0 Å². The summed E-state index contributed by atoms with van der Waals surface area (Å²) in [5, 5.41) is 3.35. The van der Waals surface area contributed by atoms with E-state index < -0.39 is 0 Å². The molecule has 1 N–H and O–H groups in total. The van der Waals surface area contributed by atoms with Crippen LogP contribution in [-0.4, -0.2) is 29.8 Å². The number of aromatic nitrogens is 2. The zero-order valence-corrected chi connectivity index (χ0v) is 8.52. The molecule has 0 radical (unpaired) electrons. The number of nitrogens with one attached hydrogen (secondary N) is 1. The van der Waals surface area contributed by atoms with Crippen LogP contribution in [0.1, 0.15) is 10.4 Å². The first-order chi connectivity index (χ1) is 7.27. The van der Waals surface area contributed by atoms with Crippen LogP contribution in [0.2, 0.25) is 0 Å². The number of carbonyl (C=O) groups excluding carboxylic acids is 1. The van der Waals surface area contributed by atoms with Gasteiger partial charge in [0.25, 0.3) is 5.91 Å². The predicted octanol–water partition coefficient (Wildman–Crippen LogP) is 0.454. The molecular formula is C10H11N3O2. The summed E-state index contributed by atoms with van der Waals surface area (Å²) in [6.45, 7) is 0. The second-order valence-electron chi connectivity index (χ2n) is 3.02. The summed E-state index contributed by atoms with van der Waals surface area (Å²) in [5.41, 5.74) is 1.38. The third-order valence-corrected chi connectivity index (χ3v) is 2.24. The van der Waals surface area contributed by atoms with Crippen molar-refractivity contribution in [3.05, 3.63) is 30.2 Å². The van der Waals surface area contributed by atoms with E-state index in [1.54, 1.807) is 43.5 Å². The van der Waals surface area contributed by atoms with Crippen molar-refractivity contribution in [2.45, 2.75) is 0 Å². The van der Waals surface area contributed by atoms with E-state index in [0.717, 1.165) is 10.9 Å². The lowest BCUT2D eigenvalue weighted by Crippen LogP contribution is -2.17. The highest BCUT2D eigenvalue weighted by Crippen LogP contribution is 2.18. The number of amides is 1. The van der Waals surface area contributed by atoms with Crippen molar-refractivity contribution in [2.75, 3.05) is 14.2 Å². The third kappa shape index (κ3) is 1.41. The number of carbonyl (C=O) groups is 1. The molecule has 0 saturated carbocycles. The zero-order valence-electron chi connectivity index (χ0n) is 8.52. The molecule has 2 rings (SSSR count). The molecule has 1 amide bonds. The fraction of sp³-hybridized carbons (Fsp3) is 0.200. The molecule has 2 aromatic rings. The summed E-state index contributed by atoms with van der Waals surface area (Å²) in [7, 11) is 3.14. The maximum Gasteiger partial charge on any atom is 0.253 e. The Hall–Kier alpha value is -2.04. The summed E-state index contributed by atoms with van der Waals surface area (Å²) in [4.78, 5) is 20.6. The summed E-state index contributed by atoms with van der Waals surface area (Å²) in [5.74, 6) is -0.149. The first-order valence-electron chi connectivity index (χ1n) is 4.49. The van der Waals surface area contributed by atoms with E-state index >= 15 is 0 Å². The SMILES string of the molecule is CNC(=O)c1cn(OC)c2ccncc12. The largest absolute Gasteiger partial charge is 0.417 e. The average Bonchev–Trinajstić information content (AvgIpc) is 2.67. The van der Waals surface area contributed by atoms with Gasteiger partial charge < -0.3 is 10.2 Å². The number of rotatable bonds is 2. The van der Waals surface area contributed by atoms with E-state index in [9.17, 15) is 4.79 Å². The number of hydrogen-bond acceptors (Lipinski definition) is 3. The van der Waals surface area contributed by atoms with Crippen molar-refractivity contribution in [3.8, 4) is 0 Å². The van der Waals surface area contributed by atoms with Gasteiger partial charge in [0.05, 0.1) is 17.3 Å². The van der Waals surface area contributed by atoms with Gasteiger partial charge in [-0.3, -0.25) is 9.78 Å². The van der Waals surface area contributed by atoms with E-state index in [4.69, 9.17) is 4.84 Å². The van der Waals surface area contributed by atoms with Crippen molar-refractivity contribution in [1.82, 2.24) is 15.0 Å². The lowest BCUT2D eigenvalue weighted by molar-refractivity contribution is 0.0962. The second kappa shape index (κ2) is 3.61. The highest BCUT2D eigenvalue weighted by molar-refractivity contribution is 6.06. The van der Waals surface area contributed by atoms with E-state index in [-0.39, 0.29) is 5.91 Å². The normalized spacial score (nSPS) is 10.3. The Morgan fingerprint density at radius 2 is 2.40 bits per heavy atom. The Morgan fingerprint density at radius 1 is 1.60 bits per heavy atom. The van der Waals surface area contributed by atoms with Crippen LogP contribution in [0, 0.1) is 0 Å². The van der Waals surface area contributed by atoms with Crippen LogP contribution in [0.25, 0.3) is 10.9 Å². The zero-order chi connectivity index (χ0) is 10.8. The van der Waals surface area contributed by atoms with E-state index in [2.05, 4.69) is 10.3 Å². The van der Waals surface area contributed by atoms with Crippen molar-refractivity contribution in [2.24, 2.45) is 0 Å². The maximum absolute atomic E-state index is 11.5. The van der Waals surface area contributed by atoms with Crippen LogP contribution < -0.4 is 10.2 Å². The number of fused-ring (bicyclic) bond motifs is 1. The van der Waals surface area contributed by atoms with Gasteiger partial charge in [0.1, 0.15) is 7.11 Å². The third-order valence-electron chi connectivity index (χ3n) is 2.24. The molecule has 0 spiro atoms. The molecule has 0 aliphatic rings. The number of pyridine rings is 1. The van der Waals surface area contributed by atoms with E-state index in [0.29, 0.717) is 5.56 Å². The molecule has 2 heterocycles. The molecule has 5 nitrogen and oxygen atoms in total. The molecule has 78 valence electrons. The molecule has 2 aromatic heterocycles. The van der Waals surface area contributed by atoms with Gasteiger partial charge in [-0.1, -0.05) is 0 Å². The minimum absolute atomic E-state index is 0.149. The van der Waals surface area contributed by atoms with E-state index in [1.165, 1.54) is 0 Å². The van der Waals surface area contributed by atoms with Crippen molar-refractivity contribution < 1.29 is 9.63 Å². The van der Waals surface area contributed by atoms with Gasteiger partial charge >= 0.3 is 0 Å². The first kappa shape index (κ1) is 9.51. The molecule has 0 aliphatic heterocycles. The molecule has 0 fully saturated rings. The van der Waals surface area contributed by atoms with Gasteiger partial charge in [0, 0.05) is 24.8 Å². The topological polar surface area (TPSA) is 56.2 Å². The standard InChI is InChI=1S/C10H11N3O2/c1-11-10(14)8-6-13(15-2)9-3-4-12-5-7(8)9/h3-6H,1-2H3,(H,11,14). The van der Waals surface area contributed by atoms with Gasteiger partial charge in [0.15, 0.2) is 0 Å². The summed E-state index contributed by atoms with van der Waals surface area (Å²) in [6.07, 6.45) is 4.95. The highest BCUT2D eigenvalue weighted by Gasteiger charge is 2.13. The molecule has 0 saturated heterocycles. The summed E-state index contributed by atoms with van der Waals surface area (Å²) in [6, 6.07) is 1.80.